The number of carbonyl (C=O) groups is 2. The van der Waals surface area contributed by atoms with Gasteiger partial charge in [0, 0.05) is 17.8 Å². The highest BCUT2D eigenvalue weighted by Gasteiger charge is 2.23. The highest BCUT2D eigenvalue weighted by Crippen LogP contribution is 2.31. The summed E-state index contributed by atoms with van der Waals surface area (Å²) in [5.74, 6) is 0.741. The number of aliphatic imine (C=N–C) groups is 1. The van der Waals surface area contributed by atoms with Crippen LogP contribution in [0, 0.1) is 0 Å². The molecule has 39 heavy (non-hydrogen) atoms. The quantitative estimate of drug-likeness (QED) is 0.391. The largest absolute Gasteiger partial charge is 0.497 e. The van der Waals surface area contributed by atoms with E-state index >= 15 is 0 Å². The van der Waals surface area contributed by atoms with E-state index in [1.54, 1.807) is 33.9 Å². The Bertz CT molecular complexity index is 1410. The van der Waals surface area contributed by atoms with Crippen molar-refractivity contribution in [3.8, 4) is 22.6 Å². The molecule has 0 bridgehead atoms. The molecule has 1 aliphatic rings. The summed E-state index contributed by atoms with van der Waals surface area (Å²) in [5.41, 5.74) is 5.70. The van der Waals surface area contributed by atoms with Crippen LogP contribution in [-0.4, -0.2) is 44.1 Å². The summed E-state index contributed by atoms with van der Waals surface area (Å²) in [4.78, 5) is 30.6. The van der Waals surface area contributed by atoms with Gasteiger partial charge in [0.05, 0.1) is 32.4 Å². The first-order valence-corrected chi connectivity index (χ1v) is 12.8. The molecule has 0 saturated carbocycles. The van der Waals surface area contributed by atoms with E-state index in [-0.39, 0.29) is 12.5 Å². The van der Waals surface area contributed by atoms with Crippen molar-refractivity contribution < 1.29 is 23.8 Å². The van der Waals surface area contributed by atoms with E-state index in [1.165, 1.54) is 12.7 Å². The lowest BCUT2D eigenvalue weighted by molar-refractivity contribution is 0.0519. The summed E-state index contributed by atoms with van der Waals surface area (Å²) in [6.45, 7) is 8.19. The number of hydrogen-bond acceptors (Lipinski definition) is 6. The maximum Gasteiger partial charge on any atom is 0.407 e. The minimum absolute atomic E-state index is 0.110. The number of methoxy groups -OCH3 is 2. The first-order valence-electron chi connectivity index (χ1n) is 12.8. The van der Waals surface area contributed by atoms with Crippen molar-refractivity contribution in [3.05, 3.63) is 82.9 Å². The van der Waals surface area contributed by atoms with Gasteiger partial charge in [-0.1, -0.05) is 30.3 Å². The van der Waals surface area contributed by atoms with E-state index in [0.717, 1.165) is 28.0 Å². The van der Waals surface area contributed by atoms with Gasteiger partial charge in [-0.3, -0.25) is 9.79 Å². The van der Waals surface area contributed by atoms with Crippen molar-refractivity contribution in [2.24, 2.45) is 4.99 Å². The topological polar surface area (TPSA) is 98.2 Å². The van der Waals surface area contributed by atoms with Crippen molar-refractivity contribution in [2.75, 3.05) is 20.8 Å². The van der Waals surface area contributed by atoms with Gasteiger partial charge in [-0.25, -0.2) is 4.79 Å². The highest BCUT2D eigenvalue weighted by molar-refractivity contribution is 6.03. The molecule has 1 atom stereocenters. The van der Waals surface area contributed by atoms with Gasteiger partial charge in [-0.2, -0.15) is 0 Å². The number of fused-ring (bicyclic) bond motifs is 1. The maximum atomic E-state index is 13.7. The summed E-state index contributed by atoms with van der Waals surface area (Å²) < 4.78 is 16.3. The van der Waals surface area contributed by atoms with E-state index in [0.29, 0.717) is 23.6 Å². The van der Waals surface area contributed by atoms with Gasteiger partial charge in [-0.15, -0.1) is 0 Å². The molecule has 1 unspecified atom stereocenters. The third-order valence-electron chi connectivity index (χ3n) is 6.41. The van der Waals surface area contributed by atoms with Gasteiger partial charge < -0.3 is 24.8 Å². The third-order valence-corrected chi connectivity index (χ3v) is 6.41. The van der Waals surface area contributed by atoms with Gasteiger partial charge >= 0.3 is 6.09 Å². The average molecular weight is 530 g/mol. The predicted octanol–water partition coefficient (Wildman–Crippen LogP) is 5.69. The number of benzene rings is 3. The molecule has 0 spiro atoms. The normalized spacial score (nSPS) is 13.1. The summed E-state index contributed by atoms with van der Waals surface area (Å²) >= 11 is 0. The molecule has 8 heteroatoms. The van der Waals surface area contributed by atoms with Crippen molar-refractivity contribution >= 4 is 17.7 Å². The molecule has 2 amide bonds. The Morgan fingerprint density at radius 3 is 2.44 bits per heavy atom. The molecule has 0 fully saturated rings. The monoisotopic (exact) mass is 529 g/mol. The lowest BCUT2D eigenvalue weighted by Crippen LogP contribution is -2.40. The second kappa shape index (κ2) is 11.6. The lowest BCUT2D eigenvalue weighted by atomic mass is 9.96. The molecule has 204 valence electrons. The number of nitrogens with one attached hydrogen (secondary N) is 2. The van der Waals surface area contributed by atoms with Crippen LogP contribution < -0.4 is 20.1 Å². The molecule has 4 rings (SSSR count). The van der Waals surface area contributed by atoms with Crippen LogP contribution in [0.1, 0.15) is 60.8 Å². The Labute approximate surface area is 229 Å². The van der Waals surface area contributed by atoms with E-state index < -0.39 is 17.7 Å². The number of ether oxygens (including phenoxy) is 3. The zero-order valence-corrected chi connectivity index (χ0v) is 23.3. The molecular weight excluding hydrogens is 494 g/mol. The first-order chi connectivity index (χ1) is 18.6. The molecule has 1 heterocycles. The zero-order chi connectivity index (χ0) is 28.2. The van der Waals surface area contributed by atoms with E-state index in [9.17, 15) is 9.59 Å². The van der Waals surface area contributed by atoms with Crippen molar-refractivity contribution in [3.63, 3.8) is 0 Å². The minimum atomic E-state index is -0.644. The van der Waals surface area contributed by atoms with Crippen LogP contribution in [0.15, 0.2) is 65.7 Å². The van der Waals surface area contributed by atoms with E-state index in [4.69, 9.17) is 14.2 Å². The molecule has 3 aromatic rings. The first kappa shape index (κ1) is 27.7. The van der Waals surface area contributed by atoms with E-state index in [1.807, 2.05) is 49.4 Å². The second-order valence-electron chi connectivity index (χ2n) is 10.4. The van der Waals surface area contributed by atoms with Gasteiger partial charge in [0.2, 0.25) is 0 Å². The molecular formula is C31H35N3O5. The standard InChI is InChI=1S/C31H35N3O5/c1-19-25-15-20(10-11-23(25)17-32-19)21-12-13-28(38-6)26(16-21)29(35)34-27(18-33-30(36)39-31(2,3)4)22-8-7-9-24(14-22)37-5/h7-16,27H,17-18H2,1-6H3,(H,33,36)(H,34,35). The van der Waals surface area contributed by atoms with Crippen LogP contribution in [-0.2, 0) is 11.3 Å². The van der Waals surface area contributed by atoms with E-state index in [2.05, 4.69) is 27.8 Å². The molecule has 0 radical (unpaired) electrons. The van der Waals surface area contributed by atoms with Crippen molar-refractivity contribution in [2.45, 2.75) is 45.9 Å². The lowest BCUT2D eigenvalue weighted by Gasteiger charge is -2.23. The number of hydrogen-bond donors (Lipinski definition) is 2. The van der Waals surface area contributed by atoms with Gasteiger partial charge in [0.25, 0.3) is 5.91 Å². The van der Waals surface area contributed by atoms with Gasteiger partial charge in [0.15, 0.2) is 0 Å². The van der Waals surface area contributed by atoms with Crippen LogP contribution in [0.25, 0.3) is 11.1 Å². The molecule has 2 N–H and O–H groups in total. The molecule has 3 aromatic carbocycles. The van der Waals surface area contributed by atoms with Crippen LogP contribution >= 0.6 is 0 Å². The number of carbonyl (C=O) groups excluding carboxylic acids is 2. The van der Waals surface area contributed by atoms with Gasteiger partial charge in [0.1, 0.15) is 17.1 Å². The maximum absolute atomic E-state index is 13.7. The fraction of sp³-hybridized carbons (Fsp3) is 0.323. The predicted molar refractivity (Wildman–Crippen MR) is 152 cm³/mol. The molecule has 8 nitrogen and oxygen atoms in total. The summed E-state index contributed by atoms with van der Waals surface area (Å²) in [7, 11) is 3.11. The smallest absolute Gasteiger partial charge is 0.407 e. The second-order valence-corrected chi connectivity index (χ2v) is 10.4. The SMILES string of the molecule is COc1cccc(C(CNC(=O)OC(C)(C)C)NC(=O)c2cc(-c3ccc4c(c3)C(C)=NC4)ccc2OC)c1. The van der Waals surface area contributed by atoms with Gasteiger partial charge in [-0.05, 0) is 80.3 Å². The highest BCUT2D eigenvalue weighted by atomic mass is 16.6. The fourth-order valence-corrected chi connectivity index (χ4v) is 4.43. The Morgan fingerprint density at radius 1 is 0.974 bits per heavy atom. The Morgan fingerprint density at radius 2 is 1.72 bits per heavy atom. The Kier molecular flexibility index (Phi) is 8.24. The Hall–Kier alpha value is -4.33. The number of rotatable bonds is 8. The van der Waals surface area contributed by atoms with Crippen LogP contribution in [0.4, 0.5) is 4.79 Å². The Balaban J connectivity index is 1.62. The van der Waals surface area contributed by atoms with Crippen LogP contribution in [0.3, 0.4) is 0 Å². The molecule has 0 saturated heterocycles. The summed E-state index contributed by atoms with van der Waals surface area (Å²) in [6.07, 6.45) is -0.570. The fourth-order valence-electron chi connectivity index (χ4n) is 4.43. The molecule has 0 aliphatic carbocycles. The number of amides is 2. The minimum Gasteiger partial charge on any atom is -0.497 e. The average Bonchev–Trinajstić information content (AvgIpc) is 3.29. The zero-order valence-electron chi connectivity index (χ0n) is 23.3. The molecule has 1 aliphatic heterocycles. The summed E-state index contributed by atoms with van der Waals surface area (Å²) in [6, 6.07) is 18.6. The molecule has 0 aromatic heterocycles. The van der Waals surface area contributed by atoms with Crippen molar-refractivity contribution in [1.82, 2.24) is 10.6 Å². The van der Waals surface area contributed by atoms with Crippen LogP contribution in [0.5, 0.6) is 11.5 Å². The van der Waals surface area contributed by atoms with Crippen LogP contribution in [0.2, 0.25) is 0 Å². The summed E-state index contributed by atoms with van der Waals surface area (Å²) in [5, 5.41) is 5.82. The van der Waals surface area contributed by atoms with Crippen molar-refractivity contribution in [1.29, 1.82) is 0 Å². The number of alkyl carbamates (subject to hydrolysis) is 1. The number of nitrogens with zero attached hydrogens (tertiary/aromatic N) is 1. The third kappa shape index (κ3) is 6.76.